The molecule has 3 heterocycles. The fraction of sp³-hybridized carbons (Fsp3) is 0.591. The molecule has 2 aliphatic rings. The van der Waals surface area contributed by atoms with Gasteiger partial charge in [0.15, 0.2) is 0 Å². The number of methoxy groups -OCH3 is 1. The van der Waals surface area contributed by atoms with E-state index < -0.39 is 0 Å². The number of likely N-dealkylation sites (N-methyl/N-ethyl adjacent to an activating group) is 1. The average Bonchev–Trinajstić information content (AvgIpc) is 3.03. The van der Waals surface area contributed by atoms with Crippen molar-refractivity contribution in [2.24, 2.45) is 0 Å². The van der Waals surface area contributed by atoms with Gasteiger partial charge in [-0.2, -0.15) is 0 Å². The molecular formula is C22H31N5O2. The summed E-state index contributed by atoms with van der Waals surface area (Å²) in [6, 6.07) is 7.95. The van der Waals surface area contributed by atoms with Crippen LogP contribution < -0.4 is 4.74 Å². The number of likely N-dealkylation sites (tertiary alicyclic amines) is 1. The van der Waals surface area contributed by atoms with Crippen molar-refractivity contribution in [3.8, 4) is 5.75 Å². The van der Waals surface area contributed by atoms with Crippen LogP contribution >= 0.6 is 0 Å². The number of aromatic nitrogens is 3. The summed E-state index contributed by atoms with van der Waals surface area (Å²) in [6.45, 7) is 4.47. The highest BCUT2D eigenvalue weighted by Crippen LogP contribution is 2.26. The summed E-state index contributed by atoms with van der Waals surface area (Å²) in [4.78, 5) is 17.2. The van der Waals surface area contributed by atoms with Crippen LogP contribution in [0, 0.1) is 0 Å². The molecule has 0 spiro atoms. The predicted octanol–water partition coefficient (Wildman–Crippen LogP) is 2.11. The SMILES string of the molecule is COc1ccc(CCC(=O)N2CCc3nnc([C@@H]4CCCN(C)C4)n3CC2)cc1. The largest absolute Gasteiger partial charge is 0.497 e. The van der Waals surface area contributed by atoms with Crippen molar-refractivity contribution in [2.45, 2.75) is 44.6 Å². The first-order valence-corrected chi connectivity index (χ1v) is 10.7. The maximum atomic E-state index is 12.8. The van der Waals surface area contributed by atoms with Gasteiger partial charge < -0.3 is 19.1 Å². The Kier molecular flexibility index (Phi) is 6.13. The number of hydrogen-bond acceptors (Lipinski definition) is 5. The summed E-state index contributed by atoms with van der Waals surface area (Å²) < 4.78 is 7.47. The van der Waals surface area contributed by atoms with Crippen molar-refractivity contribution in [2.75, 3.05) is 40.3 Å². The smallest absolute Gasteiger partial charge is 0.222 e. The summed E-state index contributed by atoms with van der Waals surface area (Å²) in [5.41, 5.74) is 1.16. The van der Waals surface area contributed by atoms with Crippen molar-refractivity contribution < 1.29 is 9.53 Å². The number of carbonyl (C=O) groups excluding carboxylic acids is 1. The average molecular weight is 398 g/mol. The number of rotatable bonds is 5. The van der Waals surface area contributed by atoms with Crippen molar-refractivity contribution in [1.29, 1.82) is 0 Å². The molecule has 1 aromatic heterocycles. The molecule has 0 saturated carbocycles. The van der Waals surface area contributed by atoms with E-state index in [1.165, 1.54) is 12.8 Å². The van der Waals surface area contributed by atoms with Crippen LogP contribution in [0.1, 0.15) is 42.4 Å². The minimum atomic E-state index is 0.221. The predicted molar refractivity (Wildman–Crippen MR) is 111 cm³/mol. The van der Waals surface area contributed by atoms with Gasteiger partial charge in [-0.15, -0.1) is 10.2 Å². The van der Waals surface area contributed by atoms with Crippen LogP contribution in [0.15, 0.2) is 24.3 Å². The monoisotopic (exact) mass is 397 g/mol. The van der Waals surface area contributed by atoms with E-state index in [-0.39, 0.29) is 5.91 Å². The van der Waals surface area contributed by atoms with E-state index in [2.05, 4.69) is 26.7 Å². The first-order valence-electron chi connectivity index (χ1n) is 10.7. The Balaban J connectivity index is 1.34. The molecule has 1 aromatic carbocycles. The number of aryl methyl sites for hydroxylation is 1. The van der Waals surface area contributed by atoms with Gasteiger partial charge in [0.25, 0.3) is 0 Å². The molecule has 0 bridgehead atoms. The van der Waals surface area contributed by atoms with Gasteiger partial charge in [0, 0.05) is 44.9 Å². The van der Waals surface area contributed by atoms with Gasteiger partial charge >= 0.3 is 0 Å². The quantitative estimate of drug-likeness (QED) is 0.773. The van der Waals surface area contributed by atoms with E-state index in [0.29, 0.717) is 12.3 Å². The van der Waals surface area contributed by atoms with Gasteiger partial charge in [-0.25, -0.2) is 0 Å². The number of hydrogen-bond donors (Lipinski definition) is 0. The first-order chi connectivity index (χ1) is 14.1. The Bertz CT molecular complexity index is 832. The van der Waals surface area contributed by atoms with Gasteiger partial charge in [-0.3, -0.25) is 4.79 Å². The van der Waals surface area contributed by atoms with E-state index >= 15 is 0 Å². The van der Waals surface area contributed by atoms with E-state index in [1.807, 2.05) is 29.2 Å². The highest BCUT2D eigenvalue weighted by atomic mass is 16.5. The summed E-state index contributed by atoms with van der Waals surface area (Å²) in [7, 11) is 3.84. The third kappa shape index (κ3) is 4.61. The minimum absolute atomic E-state index is 0.221. The molecule has 7 heteroatoms. The fourth-order valence-electron chi connectivity index (χ4n) is 4.48. The lowest BCUT2D eigenvalue weighted by Gasteiger charge is -2.29. The van der Waals surface area contributed by atoms with Crippen molar-refractivity contribution in [3.05, 3.63) is 41.5 Å². The van der Waals surface area contributed by atoms with E-state index in [4.69, 9.17) is 4.74 Å². The van der Waals surface area contributed by atoms with Crippen molar-refractivity contribution in [1.82, 2.24) is 24.6 Å². The normalized spacial score (nSPS) is 20.2. The summed E-state index contributed by atoms with van der Waals surface area (Å²) >= 11 is 0. The molecule has 29 heavy (non-hydrogen) atoms. The zero-order chi connectivity index (χ0) is 20.2. The summed E-state index contributed by atoms with van der Waals surface area (Å²) in [5, 5.41) is 9.00. The number of benzene rings is 1. The maximum Gasteiger partial charge on any atom is 0.222 e. The number of amides is 1. The molecule has 0 radical (unpaired) electrons. The standard InChI is InChI=1S/C22H31N5O2/c1-25-12-3-4-18(16-25)22-24-23-20-11-13-26(14-15-27(20)22)21(28)10-7-17-5-8-19(29-2)9-6-17/h5-6,8-9,18H,3-4,7,10-16H2,1-2H3/t18-/m1/s1. The lowest BCUT2D eigenvalue weighted by atomic mass is 9.97. The zero-order valence-electron chi connectivity index (χ0n) is 17.5. The van der Waals surface area contributed by atoms with Gasteiger partial charge in [0.05, 0.1) is 7.11 Å². The highest BCUT2D eigenvalue weighted by molar-refractivity contribution is 5.76. The topological polar surface area (TPSA) is 63.5 Å². The number of fused-ring (bicyclic) bond motifs is 1. The molecule has 2 aromatic rings. The van der Waals surface area contributed by atoms with Crippen molar-refractivity contribution in [3.63, 3.8) is 0 Å². The van der Waals surface area contributed by atoms with Crippen molar-refractivity contribution >= 4 is 5.91 Å². The minimum Gasteiger partial charge on any atom is -0.497 e. The van der Waals surface area contributed by atoms with Crippen LogP contribution in [0.4, 0.5) is 0 Å². The van der Waals surface area contributed by atoms with Crippen LogP contribution in [0.2, 0.25) is 0 Å². The van der Waals surface area contributed by atoms with Crippen LogP contribution in [0.3, 0.4) is 0 Å². The van der Waals surface area contributed by atoms with E-state index in [1.54, 1.807) is 7.11 Å². The Morgan fingerprint density at radius 3 is 2.72 bits per heavy atom. The second-order valence-electron chi connectivity index (χ2n) is 8.21. The summed E-state index contributed by atoms with van der Waals surface area (Å²) in [5.74, 6) is 3.65. The van der Waals surface area contributed by atoms with Gasteiger partial charge in [-0.05, 0) is 50.6 Å². The van der Waals surface area contributed by atoms with Gasteiger partial charge in [-0.1, -0.05) is 12.1 Å². The van der Waals surface area contributed by atoms with Crippen LogP contribution in [-0.4, -0.2) is 70.8 Å². The molecule has 0 N–H and O–H groups in total. The van der Waals surface area contributed by atoms with Gasteiger partial charge in [0.2, 0.25) is 5.91 Å². The highest BCUT2D eigenvalue weighted by Gasteiger charge is 2.27. The third-order valence-corrected chi connectivity index (χ3v) is 6.18. The number of ether oxygens (including phenoxy) is 1. The molecule has 2 aliphatic heterocycles. The lowest BCUT2D eigenvalue weighted by Crippen LogP contribution is -2.34. The molecule has 0 aliphatic carbocycles. The second-order valence-corrected chi connectivity index (χ2v) is 8.21. The Labute approximate surface area is 172 Å². The number of piperidine rings is 1. The van der Waals surface area contributed by atoms with Crippen LogP contribution in [0.25, 0.3) is 0 Å². The lowest BCUT2D eigenvalue weighted by molar-refractivity contribution is -0.131. The van der Waals surface area contributed by atoms with Crippen LogP contribution in [0.5, 0.6) is 5.75 Å². The molecule has 156 valence electrons. The number of nitrogens with zero attached hydrogens (tertiary/aromatic N) is 5. The molecule has 1 amide bonds. The molecule has 0 unspecified atom stereocenters. The molecule has 1 atom stereocenters. The van der Waals surface area contributed by atoms with E-state index in [9.17, 15) is 4.79 Å². The zero-order valence-corrected chi connectivity index (χ0v) is 17.5. The summed E-state index contributed by atoms with van der Waals surface area (Å²) in [6.07, 6.45) is 4.45. The Hall–Kier alpha value is -2.41. The molecular weight excluding hydrogens is 366 g/mol. The fourth-order valence-corrected chi connectivity index (χ4v) is 4.48. The number of carbonyl (C=O) groups is 1. The first kappa shape index (κ1) is 19.9. The maximum absolute atomic E-state index is 12.8. The van der Waals surface area contributed by atoms with Gasteiger partial charge in [0.1, 0.15) is 17.4 Å². The molecule has 4 rings (SSSR count). The Morgan fingerprint density at radius 2 is 1.97 bits per heavy atom. The third-order valence-electron chi connectivity index (χ3n) is 6.18. The second kappa shape index (κ2) is 8.95. The molecule has 1 fully saturated rings. The molecule has 7 nitrogen and oxygen atoms in total. The Morgan fingerprint density at radius 1 is 1.14 bits per heavy atom. The van der Waals surface area contributed by atoms with Crippen LogP contribution in [-0.2, 0) is 24.2 Å². The van der Waals surface area contributed by atoms with E-state index in [0.717, 1.165) is 68.5 Å². The molecule has 1 saturated heterocycles.